The van der Waals surface area contributed by atoms with Crippen LogP contribution in [0, 0.1) is 0 Å². The van der Waals surface area contributed by atoms with Gasteiger partial charge in [-0.05, 0) is 57.8 Å². The van der Waals surface area contributed by atoms with Crippen molar-refractivity contribution in [2.75, 3.05) is 6.61 Å². The highest BCUT2D eigenvalue weighted by atomic mass is 31.2. The van der Waals surface area contributed by atoms with Gasteiger partial charge in [-0.2, -0.15) is 0 Å². The summed E-state index contributed by atoms with van der Waals surface area (Å²) in [4.78, 5) is 23.3. The summed E-state index contributed by atoms with van der Waals surface area (Å²) >= 11 is 0. The van der Waals surface area contributed by atoms with Gasteiger partial charge in [-0.3, -0.25) is 13.8 Å². The normalized spacial score (nSPS) is 24.8. The highest BCUT2D eigenvalue weighted by Crippen LogP contribution is 2.47. The lowest BCUT2D eigenvalue weighted by atomic mass is 9.85. The van der Waals surface area contributed by atoms with E-state index in [1.165, 1.54) is 70.3 Å². The number of carbonyl (C=O) groups is 1. The van der Waals surface area contributed by atoms with E-state index in [4.69, 9.17) is 9.05 Å². The van der Waals surface area contributed by atoms with Crippen LogP contribution in [0.4, 0.5) is 0 Å². The van der Waals surface area contributed by atoms with E-state index in [1.54, 1.807) is 6.08 Å². The van der Waals surface area contributed by atoms with Crippen LogP contribution in [0.3, 0.4) is 0 Å². The molecule has 0 aromatic heterocycles. The fraction of sp³-hybridized carbons (Fsp3) is 0.829. The van der Waals surface area contributed by atoms with E-state index in [0.29, 0.717) is 12.8 Å². The van der Waals surface area contributed by atoms with Gasteiger partial charge in [-0.25, -0.2) is 4.57 Å². The van der Waals surface area contributed by atoms with Crippen molar-refractivity contribution in [1.29, 1.82) is 0 Å². The van der Waals surface area contributed by atoms with Crippen LogP contribution in [0.15, 0.2) is 36.5 Å². The molecular weight excluding hydrogens is 729 g/mol. The number of hydrogen-bond acceptors (Lipinski definition) is 11. The fourth-order valence-electron chi connectivity index (χ4n) is 6.43. The molecule has 8 atom stereocenters. The van der Waals surface area contributed by atoms with E-state index in [0.717, 1.165) is 57.8 Å². The lowest BCUT2D eigenvalue weighted by Gasteiger charge is -2.41. The van der Waals surface area contributed by atoms with Gasteiger partial charge < -0.3 is 46.0 Å². The van der Waals surface area contributed by atoms with Crippen LogP contribution >= 0.6 is 7.82 Å². The second kappa shape index (κ2) is 31.5. The lowest BCUT2D eigenvalue weighted by molar-refractivity contribution is -0.220. The zero-order valence-corrected chi connectivity index (χ0v) is 34.5. The summed E-state index contributed by atoms with van der Waals surface area (Å²) in [5, 5.41) is 74.0. The monoisotopic (exact) mass is 806 g/mol. The van der Waals surface area contributed by atoms with Crippen LogP contribution in [0.5, 0.6) is 0 Å². The minimum atomic E-state index is -5.14. The van der Waals surface area contributed by atoms with E-state index in [2.05, 4.69) is 37.4 Å². The zero-order chi connectivity index (χ0) is 40.9. The van der Waals surface area contributed by atoms with Crippen molar-refractivity contribution in [1.82, 2.24) is 5.32 Å². The average molecular weight is 806 g/mol. The molecular formula is C41H76NO12P. The average Bonchev–Trinajstić information content (AvgIpc) is 3.15. The van der Waals surface area contributed by atoms with Crippen LogP contribution in [0.1, 0.15) is 155 Å². The number of aliphatic hydroxyl groups is 7. The van der Waals surface area contributed by atoms with Crippen molar-refractivity contribution in [3.05, 3.63) is 36.5 Å². The van der Waals surface area contributed by atoms with Crippen molar-refractivity contribution in [2.45, 2.75) is 210 Å². The number of aliphatic hydroxyl groups excluding tert-OH is 7. The highest BCUT2D eigenvalue weighted by molar-refractivity contribution is 7.47. The van der Waals surface area contributed by atoms with Crippen molar-refractivity contribution >= 4 is 13.7 Å². The first-order valence-electron chi connectivity index (χ1n) is 21.0. The van der Waals surface area contributed by atoms with Crippen molar-refractivity contribution in [2.24, 2.45) is 0 Å². The molecule has 1 aliphatic carbocycles. The predicted molar refractivity (Wildman–Crippen MR) is 215 cm³/mol. The first-order chi connectivity index (χ1) is 26.3. The van der Waals surface area contributed by atoms with Gasteiger partial charge in [0.2, 0.25) is 5.91 Å². The second-order valence-electron chi connectivity index (χ2n) is 15.0. The molecule has 322 valence electrons. The number of allylic oxidation sites excluding steroid dienone is 5. The number of rotatable bonds is 33. The quantitative estimate of drug-likeness (QED) is 0.0218. The van der Waals surface area contributed by atoms with Crippen LogP contribution in [0.25, 0.3) is 0 Å². The Bertz CT molecular complexity index is 1090. The number of hydrogen-bond donors (Lipinski definition) is 9. The van der Waals surface area contributed by atoms with E-state index in [9.17, 15) is 50.0 Å². The summed E-state index contributed by atoms with van der Waals surface area (Å²) < 4.78 is 22.7. The summed E-state index contributed by atoms with van der Waals surface area (Å²) in [5.41, 5.74) is 0. The van der Waals surface area contributed by atoms with Crippen molar-refractivity contribution in [3.63, 3.8) is 0 Å². The maximum absolute atomic E-state index is 12.9. The number of nitrogens with one attached hydrogen (secondary N) is 1. The van der Waals surface area contributed by atoms with Gasteiger partial charge in [0.05, 0.1) is 31.3 Å². The Kier molecular flexibility index (Phi) is 29.5. The molecule has 0 aliphatic heterocycles. The van der Waals surface area contributed by atoms with Gasteiger partial charge in [0.15, 0.2) is 0 Å². The van der Waals surface area contributed by atoms with Gasteiger partial charge in [-0.1, -0.05) is 127 Å². The standard InChI is InChI=1S/C41H76NO12P/c1-3-5-7-9-11-13-14-15-16-17-18-19-21-22-24-26-28-32(43)30-35(45)42-33(34(44)29-27-25-23-20-12-10-8-6-4-2)31-53-55(51,52)54-41-39(49)37(47)36(46)38(48)40(41)50/h12,18-20,27,29,32-34,36-41,43-44,46-50H,3-11,13-17,21-26,28,30-31H2,1-2H3,(H,42,45)(H,51,52)/b19-18-,20-12+,29-27+. The summed E-state index contributed by atoms with van der Waals surface area (Å²) in [7, 11) is -5.14. The van der Waals surface area contributed by atoms with Gasteiger partial charge in [0.1, 0.15) is 36.6 Å². The van der Waals surface area contributed by atoms with Gasteiger partial charge in [0.25, 0.3) is 0 Å². The van der Waals surface area contributed by atoms with Gasteiger partial charge >= 0.3 is 7.82 Å². The maximum Gasteiger partial charge on any atom is 0.472 e. The first kappa shape index (κ1) is 51.5. The number of phosphoric ester groups is 1. The predicted octanol–water partition coefficient (Wildman–Crippen LogP) is 5.80. The first-order valence-corrected chi connectivity index (χ1v) is 22.5. The topological polar surface area (TPSA) is 226 Å². The van der Waals surface area contributed by atoms with Crippen molar-refractivity contribution < 1.29 is 59.0 Å². The maximum atomic E-state index is 12.9. The third kappa shape index (κ3) is 24.1. The summed E-state index contributed by atoms with van der Waals surface area (Å²) in [5.74, 6) is -0.616. The van der Waals surface area contributed by atoms with E-state index < -0.39 is 75.2 Å². The molecule has 0 heterocycles. The Morgan fingerprint density at radius 1 is 0.636 bits per heavy atom. The summed E-state index contributed by atoms with van der Waals surface area (Å²) in [6.45, 7) is 3.63. The third-order valence-electron chi connectivity index (χ3n) is 9.95. The fourth-order valence-corrected chi connectivity index (χ4v) is 7.39. The highest BCUT2D eigenvalue weighted by Gasteiger charge is 2.51. The van der Waals surface area contributed by atoms with E-state index in [1.807, 2.05) is 6.08 Å². The van der Waals surface area contributed by atoms with Crippen LogP contribution in [0.2, 0.25) is 0 Å². The van der Waals surface area contributed by atoms with Gasteiger partial charge in [0, 0.05) is 0 Å². The minimum Gasteiger partial charge on any atom is -0.393 e. The number of carbonyl (C=O) groups excluding carboxylic acids is 1. The summed E-state index contributed by atoms with van der Waals surface area (Å²) in [6, 6.07) is -1.26. The van der Waals surface area contributed by atoms with Crippen LogP contribution < -0.4 is 5.32 Å². The summed E-state index contributed by atoms with van der Waals surface area (Å²) in [6.07, 6.45) is 19.9. The van der Waals surface area contributed by atoms with Gasteiger partial charge in [-0.15, -0.1) is 0 Å². The molecule has 9 N–H and O–H groups in total. The Labute approximate surface area is 330 Å². The Morgan fingerprint density at radius 3 is 1.64 bits per heavy atom. The molecule has 1 fully saturated rings. The molecule has 1 aliphatic rings. The lowest BCUT2D eigenvalue weighted by Crippen LogP contribution is -2.64. The molecule has 0 bridgehead atoms. The molecule has 8 unspecified atom stereocenters. The number of amides is 1. The minimum absolute atomic E-state index is 0.264. The molecule has 1 rings (SSSR count). The Morgan fingerprint density at radius 2 is 1.07 bits per heavy atom. The smallest absolute Gasteiger partial charge is 0.393 e. The molecule has 0 aromatic rings. The molecule has 0 radical (unpaired) electrons. The number of unbranched alkanes of at least 4 members (excludes halogenated alkanes) is 16. The SMILES string of the molecule is CCCCC/C=C/CC/C=C/C(O)C(COP(=O)(O)OC1C(O)C(O)C(O)C(O)C1O)NC(=O)CC(O)CCCCC/C=C\CCCCCCCCCCC. The third-order valence-corrected chi connectivity index (χ3v) is 10.9. The Balaban J connectivity index is 2.57. The molecule has 1 saturated carbocycles. The Hall–Kier alpha value is -1.48. The van der Waals surface area contributed by atoms with Crippen LogP contribution in [-0.4, -0.2) is 108 Å². The van der Waals surface area contributed by atoms with E-state index in [-0.39, 0.29) is 6.42 Å². The molecule has 0 spiro atoms. The molecule has 0 aromatic carbocycles. The molecule has 14 heteroatoms. The van der Waals surface area contributed by atoms with Crippen LogP contribution in [-0.2, 0) is 18.4 Å². The van der Waals surface area contributed by atoms with E-state index >= 15 is 0 Å². The molecule has 0 saturated heterocycles. The largest absolute Gasteiger partial charge is 0.472 e. The zero-order valence-electron chi connectivity index (χ0n) is 33.6. The molecule has 13 nitrogen and oxygen atoms in total. The number of phosphoric acid groups is 1. The molecule has 55 heavy (non-hydrogen) atoms. The molecule has 1 amide bonds. The van der Waals surface area contributed by atoms with Crippen molar-refractivity contribution in [3.8, 4) is 0 Å². The second-order valence-corrected chi connectivity index (χ2v) is 16.4.